The van der Waals surface area contributed by atoms with Gasteiger partial charge in [0.1, 0.15) is 133 Å². The van der Waals surface area contributed by atoms with Gasteiger partial charge < -0.3 is 121 Å². The lowest BCUT2D eigenvalue weighted by Gasteiger charge is -2.28. The Kier molecular flexibility index (Phi) is 29.3. The molecule has 6 fully saturated rings. The van der Waals surface area contributed by atoms with Crippen molar-refractivity contribution in [1.29, 1.82) is 0 Å². The number of methoxy groups -OCH3 is 5. The molecule has 6 aliphatic rings. The smallest absolute Gasteiger partial charge is 0.394 e. The van der Waals surface area contributed by atoms with Crippen LogP contribution in [-0.4, -0.2) is 342 Å². The average molecular weight is 2140 g/mol. The lowest BCUT2D eigenvalue weighted by atomic mass is 10.1. The number of anilines is 5. The van der Waals surface area contributed by atoms with Crippen LogP contribution in [0.5, 0.6) is 0 Å². The summed E-state index contributed by atoms with van der Waals surface area (Å²) in [5.74, 6) is -1.25. The molecule has 20 N–H and O–H groups in total. The van der Waals surface area contributed by atoms with Crippen LogP contribution in [0.2, 0.25) is 0 Å². The Hall–Kier alpha value is -11.0. The molecule has 145 heavy (non-hydrogen) atoms. The van der Waals surface area contributed by atoms with E-state index in [0.29, 0.717) is 22.8 Å². The van der Waals surface area contributed by atoms with Gasteiger partial charge in [-0.3, -0.25) is 92.2 Å². The fourth-order valence-electron chi connectivity index (χ4n) is 17.6. The van der Waals surface area contributed by atoms with Gasteiger partial charge in [-0.1, -0.05) is 0 Å². The summed E-state index contributed by atoms with van der Waals surface area (Å²) in [7, 11) is -23.5. The number of aromatic amines is 2. The highest BCUT2D eigenvalue weighted by Gasteiger charge is 2.59. The molecule has 0 saturated carbocycles. The van der Waals surface area contributed by atoms with Crippen LogP contribution in [0.1, 0.15) is 60.1 Å². The van der Waals surface area contributed by atoms with Gasteiger partial charge in [0.2, 0.25) is 11.9 Å². The Morgan fingerprint density at radius 1 is 0.379 bits per heavy atom. The van der Waals surface area contributed by atoms with Crippen LogP contribution < -0.4 is 51.2 Å². The summed E-state index contributed by atoms with van der Waals surface area (Å²) in [5.41, 5.74) is 27.5. The van der Waals surface area contributed by atoms with Gasteiger partial charge in [0, 0.05) is 59.3 Å². The van der Waals surface area contributed by atoms with E-state index in [1.165, 1.54) is 38.3 Å². The zero-order valence-corrected chi connectivity index (χ0v) is 81.2. The van der Waals surface area contributed by atoms with E-state index in [4.69, 9.17) is 136 Å². The first kappa shape index (κ1) is 104. The monoisotopic (exact) mass is 2140 g/mol. The van der Waals surface area contributed by atoms with E-state index in [1.54, 1.807) is 39.8 Å². The maximum absolute atomic E-state index is 15.0. The maximum atomic E-state index is 15.0. The number of aliphatic hydroxyl groups is 3. The summed E-state index contributed by atoms with van der Waals surface area (Å²) in [6.45, 7) is 0.192. The van der Waals surface area contributed by atoms with Crippen molar-refractivity contribution in [3.63, 3.8) is 0 Å². The topological polar surface area (TPSA) is 891 Å². The number of hydrogen-bond donors (Lipinski definition) is 15. The van der Waals surface area contributed by atoms with Crippen molar-refractivity contribution in [2.75, 3.05) is 104 Å². The molecule has 0 amide bonds. The molecule has 72 heteroatoms. The van der Waals surface area contributed by atoms with Crippen molar-refractivity contribution in [2.24, 2.45) is 0 Å². The van der Waals surface area contributed by atoms with Crippen LogP contribution >= 0.6 is 39.1 Å². The van der Waals surface area contributed by atoms with Gasteiger partial charge in [0.05, 0.1) is 76.3 Å². The van der Waals surface area contributed by atoms with Crippen LogP contribution in [0.3, 0.4) is 0 Å². The molecular weight excluding hydrogens is 2050 g/mol. The standard InChI is InChI=1S/C73H94N29O38P5/c1-27-14-29(3)101(93-27)60-40-57(89-71(90-60)102-30(4)15-28(2)94-102)98(24-82-40)63-44(105)43(104)32(131-63)17-125-141(110,111)137-46-33(132-64(51(46)121-6)95-12-10-37(74)85-72(95)108)18-127-144(116,117)140-49-36(135-68(54(49)124-9)100-26-84-42-59(100)88-70(78)92-62(42)107)21-129-143(114,115)138-47-34(133-65(52(47)122-7)96-13-11-38(75)86-73(96)109)19-128-145(118,119)139-48-35(134-67(53(48)123-8)99-25-83-41-58(99)87-69(77)91-61(41)106)20-126-142(112,113)136-45-31(16-103)130-66(50(45)120-5)97-23-81-39-55(76)79-22-80-56(39)97/h10-15,22-26,31-36,43-54,63-68,103-105H,16-21H2,1-9H3,(H,110,111)(H,112,113)(H,114,115)(H,116,117)(H,118,119)(H2,74,85,108)(H2,75,86,109)(H2,76,79,80)(H3,77,87,91,106)(H3,78,88,92,107)/t31-,32-,33-,34-,35-,36-,43-,44-,45-,46-,47-,48-,49-,50-,51-,52-,53-,54-,63-,64-,65-,66-,67-,68-/m1/s1. The minimum Gasteiger partial charge on any atom is -0.394 e. The third kappa shape index (κ3) is 20.7. The van der Waals surface area contributed by atoms with Crippen LogP contribution in [-0.2, 0) is 120 Å². The highest BCUT2D eigenvalue weighted by molar-refractivity contribution is 7.48. The van der Waals surface area contributed by atoms with Gasteiger partial charge in [-0.05, 0) is 52.0 Å². The second-order valence-electron chi connectivity index (χ2n) is 33.3. The van der Waals surface area contributed by atoms with Crippen molar-refractivity contribution in [2.45, 2.75) is 175 Å². The summed E-state index contributed by atoms with van der Waals surface area (Å²) < 4.78 is 206. The number of nitrogens with two attached hydrogens (primary N) is 5. The molecule has 0 bridgehead atoms. The van der Waals surface area contributed by atoms with E-state index < -0.39 is 260 Å². The number of fused-ring (bicyclic) bond motifs is 4. The predicted octanol–water partition coefficient (Wildman–Crippen LogP) is -3.35. The Balaban J connectivity index is 0.591. The first-order chi connectivity index (χ1) is 68.9. The first-order valence-electron chi connectivity index (χ1n) is 43.1. The van der Waals surface area contributed by atoms with E-state index in [9.17, 15) is 77.2 Å². The molecule has 12 aromatic heterocycles. The molecule has 0 aliphatic carbocycles. The van der Waals surface area contributed by atoms with E-state index >= 15 is 4.57 Å². The van der Waals surface area contributed by atoms with Gasteiger partial charge in [-0.25, -0.2) is 71.7 Å². The highest BCUT2D eigenvalue weighted by Crippen LogP contribution is 2.58. The van der Waals surface area contributed by atoms with Crippen LogP contribution in [0.4, 0.5) is 29.4 Å². The number of nitrogen functional groups attached to an aromatic ring is 5. The minimum absolute atomic E-state index is 0.0146. The van der Waals surface area contributed by atoms with Crippen LogP contribution in [0.15, 0.2) is 87.5 Å². The summed E-state index contributed by atoms with van der Waals surface area (Å²) >= 11 is 0. The Morgan fingerprint density at radius 3 is 1.08 bits per heavy atom. The fourth-order valence-corrected chi connectivity index (χ4v) is 22.4. The Morgan fingerprint density at radius 2 is 0.710 bits per heavy atom. The second kappa shape index (κ2) is 40.9. The van der Waals surface area contributed by atoms with E-state index in [0.717, 1.165) is 90.2 Å². The van der Waals surface area contributed by atoms with Crippen molar-refractivity contribution >= 4 is 113 Å². The van der Waals surface area contributed by atoms with Gasteiger partial charge in [0.25, 0.3) is 17.1 Å². The molecule has 29 atom stereocenters. The number of imidazole rings is 4. The number of nitrogens with zero attached hydrogens (tertiary/aromatic N) is 22. The zero-order chi connectivity index (χ0) is 103. The van der Waals surface area contributed by atoms with Gasteiger partial charge in [-0.2, -0.15) is 40.1 Å². The molecule has 18 heterocycles. The molecular formula is C73H94N29O38P5. The molecule has 0 aromatic carbocycles. The number of H-pyrrole nitrogens is 2. The largest absolute Gasteiger partial charge is 0.472 e. The lowest BCUT2D eigenvalue weighted by molar-refractivity contribution is -0.0675. The fraction of sp³-hybridized carbons (Fsp3) is 0.534. The lowest BCUT2D eigenvalue weighted by Crippen LogP contribution is -2.40. The maximum Gasteiger partial charge on any atom is 0.472 e. The van der Waals surface area contributed by atoms with Gasteiger partial charge >= 0.3 is 50.5 Å². The molecule has 12 aromatic rings. The van der Waals surface area contributed by atoms with Gasteiger partial charge in [0.15, 0.2) is 88.1 Å². The Labute approximate surface area is 809 Å². The number of aromatic nitrogens is 24. The summed E-state index contributed by atoms with van der Waals surface area (Å²) in [4.78, 5) is 168. The van der Waals surface area contributed by atoms with Crippen molar-refractivity contribution in [3.8, 4) is 11.8 Å². The van der Waals surface area contributed by atoms with Crippen molar-refractivity contribution in [3.05, 3.63) is 133 Å². The number of phosphoric acid groups is 5. The molecule has 5 unspecified atom stereocenters. The average Bonchev–Trinajstić information content (AvgIpc) is 1.59. The molecule has 0 spiro atoms. The third-order valence-electron chi connectivity index (χ3n) is 24.0. The summed E-state index contributed by atoms with van der Waals surface area (Å²) in [5, 5.41) is 43.0. The SMILES string of the molecule is CO[C@@H]1[C@H](OP(=O)(O)OC[C@H]2O[C@@H](n3cnc4c(-n5nc(C)cc5C)nc(-n5nc(C)cc5C)nc43)[C@H](O)[C@@H]2O)[C@@H](COP(=O)(O)O[C@H]2[C@@H](OC)[C@H](n3cnc4c(=O)[nH]c(N)nc43)O[C@@H]2COP(=O)(O)O[C@H]2[C@@H](OC)[C@H](n3ccc(N)nc3=O)O[C@@H]2COP(=O)(O)O[C@H]2[C@@H](OC)[C@H](n3cnc4c(=O)[nH]c(N)nc43)O[C@@H]2COP(=O)(O)O[C@H]2[C@@H](OC)[C@H](n3cnc4c(N)ncnc43)O[C@@H]2CO)O[C@H]1n1ccc(N)nc1=O. The number of phosphoric ester groups is 5. The van der Waals surface area contributed by atoms with Crippen LogP contribution in [0, 0.1) is 27.7 Å². The number of hydrogen-bond acceptors (Lipinski definition) is 52. The molecule has 67 nitrogen and oxygen atoms in total. The van der Waals surface area contributed by atoms with Crippen molar-refractivity contribution < 1.29 is 160 Å². The third-order valence-corrected chi connectivity index (χ3v) is 29.0. The van der Waals surface area contributed by atoms with Crippen molar-refractivity contribution in [1.82, 2.24) is 117 Å². The molecule has 18 rings (SSSR count). The zero-order valence-electron chi connectivity index (χ0n) is 76.7. The Bertz CT molecular complexity index is 7370. The molecule has 784 valence electrons. The number of rotatable bonds is 39. The number of aryl methyl sites for hydroxylation is 4. The highest BCUT2D eigenvalue weighted by atomic mass is 31.2. The number of ether oxygens (including phenoxy) is 11. The number of aliphatic hydroxyl groups excluding tert-OH is 3. The normalized spacial score (nSPS) is 29.8. The predicted molar refractivity (Wildman–Crippen MR) is 479 cm³/mol. The van der Waals surface area contributed by atoms with E-state index in [1.807, 2.05) is 0 Å². The second-order valence-corrected chi connectivity index (χ2v) is 40.3. The van der Waals surface area contributed by atoms with Crippen LogP contribution in [0.25, 0.3) is 56.4 Å². The molecule has 6 aliphatic heterocycles. The quantitative estimate of drug-likeness (QED) is 0.0167. The minimum atomic E-state index is -5.94. The number of nitrogens with one attached hydrogen (secondary N) is 2. The van der Waals surface area contributed by atoms with E-state index in [-0.39, 0.29) is 73.9 Å². The summed E-state index contributed by atoms with van der Waals surface area (Å²) in [6.07, 6.45) is -35.0. The van der Waals surface area contributed by atoms with Gasteiger partial charge in [-0.15, -0.1) is 0 Å². The molecule has 0 radical (unpaired) electrons. The summed E-state index contributed by atoms with van der Waals surface area (Å²) in [6, 6.07) is 5.87. The first-order valence-corrected chi connectivity index (χ1v) is 50.6. The molecule has 6 saturated heterocycles. The van der Waals surface area contributed by atoms with E-state index in [2.05, 4.69) is 70.0 Å².